The van der Waals surface area contributed by atoms with Gasteiger partial charge in [-0.25, -0.2) is 9.59 Å². The molecule has 8 rings (SSSR count). The molecule has 1 amide bonds. The maximum atomic E-state index is 11.9. The standard InChI is InChI=1S/C17H19NO3.C15H16O4.C9H17O5P.C8H6O3.C5H7BrO2.C5H11N/c19-17(18-10-4-1-5-11-18)7-3-2-6-14-8-9-15-16(12-14)21-13-20-15;1-17-15(16)7-5-3-2-4-6-12-8-9-13-14(10-12)19-11-18-13;1-4-13-15(11,14-5-2)8-6-7-9(10)12-3;9-4-6-1-2-7-8(3-6)11-5-10-7;1-8-5(7)3-2-4-6;1-2-4-6-5-3-1/h2-3,6-9,12H,1,4-5,10-11,13H2;2-4,6,8-10H,5,7,11H2,1H3;6-7H,4-5,8H2,1-3H3;1-4H,5H2;2-3H,4H2,1H3;6H,1-5H2/b6-2+,7-3+;3-2+,6-4+;7-6+;;3-2+;. The van der Waals surface area contributed by atoms with E-state index in [1.165, 1.54) is 78.3 Å². The van der Waals surface area contributed by atoms with Crippen LogP contribution < -0.4 is 33.7 Å². The minimum atomic E-state index is -3.08. The highest BCUT2D eigenvalue weighted by atomic mass is 79.9. The second-order valence-corrected chi connectivity index (χ2v) is 19.7. The van der Waals surface area contributed by atoms with Crippen LogP contribution in [0.5, 0.6) is 34.5 Å². The first-order valence-electron chi connectivity index (χ1n) is 26.2. The third kappa shape index (κ3) is 28.3. The van der Waals surface area contributed by atoms with Gasteiger partial charge in [0, 0.05) is 48.6 Å². The molecule has 0 saturated carbocycles. The van der Waals surface area contributed by atoms with Crippen molar-refractivity contribution in [3.8, 4) is 34.5 Å². The van der Waals surface area contributed by atoms with Crippen LogP contribution in [0.15, 0.2) is 115 Å². The van der Waals surface area contributed by atoms with E-state index in [0.717, 1.165) is 66.3 Å². The smallest absolute Gasteiger partial charge is 0.334 e. The molecule has 80 heavy (non-hydrogen) atoms. The van der Waals surface area contributed by atoms with E-state index < -0.39 is 13.6 Å². The Morgan fingerprint density at radius 1 is 0.588 bits per heavy atom. The molecule has 0 aromatic heterocycles. The number of alkyl halides is 1. The number of methoxy groups -OCH3 is 3. The Labute approximate surface area is 478 Å². The number of hydrogen-bond donors (Lipinski definition) is 1. The zero-order valence-electron chi connectivity index (χ0n) is 46.3. The van der Waals surface area contributed by atoms with Crippen molar-refractivity contribution in [3.05, 3.63) is 132 Å². The fraction of sp³-hybridized carbons (Fsp3) is 0.407. The maximum absolute atomic E-state index is 11.9. The highest BCUT2D eigenvalue weighted by molar-refractivity contribution is 9.09. The fourth-order valence-electron chi connectivity index (χ4n) is 7.08. The lowest BCUT2D eigenvalue weighted by atomic mass is 10.1. The zero-order chi connectivity index (χ0) is 58.1. The lowest BCUT2D eigenvalue weighted by Crippen LogP contribution is -2.34. The molecule has 1 N–H and O–H groups in total. The number of ether oxygens (including phenoxy) is 9. The number of rotatable bonds is 18. The molecule has 3 aromatic carbocycles. The Balaban J connectivity index is 0.000000263. The molecule has 21 heteroatoms. The van der Waals surface area contributed by atoms with Crippen molar-refractivity contribution in [2.45, 2.75) is 65.2 Å². The zero-order valence-corrected chi connectivity index (χ0v) is 48.8. The van der Waals surface area contributed by atoms with Gasteiger partial charge in [0.05, 0.1) is 40.7 Å². The Kier molecular flexibility index (Phi) is 34.6. The third-order valence-corrected chi connectivity index (χ3v) is 13.4. The number of amides is 1. The first-order chi connectivity index (χ1) is 38.9. The molecule has 5 heterocycles. The summed E-state index contributed by atoms with van der Waals surface area (Å²) in [6.07, 6.45) is 30.3. The number of benzene rings is 3. The molecule has 19 nitrogen and oxygen atoms in total. The number of piperidine rings is 2. The van der Waals surface area contributed by atoms with Crippen molar-refractivity contribution in [2.24, 2.45) is 0 Å². The van der Waals surface area contributed by atoms with Crippen LogP contribution in [0.3, 0.4) is 0 Å². The van der Waals surface area contributed by atoms with Crippen LogP contribution in [-0.2, 0) is 47.0 Å². The molecule has 3 aromatic rings. The average Bonchev–Trinajstić information content (AvgIpc) is 4.31. The number of halogens is 1. The number of fused-ring (bicyclic) bond motifs is 3. The van der Waals surface area contributed by atoms with E-state index in [9.17, 15) is 28.5 Å². The first-order valence-corrected chi connectivity index (χ1v) is 29.1. The molecule has 436 valence electrons. The minimum absolute atomic E-state index is 0.0732. The third-order valence-electron chi connectivity index (χ3n) is 11.1. The molecule has 0 atom stereocenters. The number of allylic oxidation sites excluding steroid dienone is 7. The maximum Gasteiger partial charge on any atom is 0.334 e. The number of likely N-dealkylation sites (tertiary alicyclic amines) is 1. The normalized spacial score (nSPS) is 14.7. The molecule has 0 spiro atoms. The average molecular weight is 1200 g/mol. The second-order valence-electron chi connectivity index (χ2n) is 16.9. The van der Waals surface area contributed by atoms with Crippen LogP contribution in [0.1, 0.15) is 86.7 Å². The highest BCUT2D eigenvalue weighted by Gasteiger charge is 2.21. The van der Waals surface area contributed by atoms with Crippen molar-refractivity contribution in [2.75, 3.05) is 92.6 Å². The molecule has 0 aliphatic carbocycles. The van der Waals surface area contributed by atoms with Crippen molar-refractivity contribution in [1.29, 1.82) is 0 Å². The van der Waals surface area contributed by atoms with Crippen molar-refractivity contribution in [3.63, 3.8) is 0 Å². The van der Waals surface area contributed by atoms with E-state index in [0.29, 0.717) is 48.4 Å². The summed E-state index contributed by atoms with van der Waals surface area (Å²) in [6.45, 7) is 9.17. The Hall–Kier alpha value is -6.96. The number of carbonyl (C=O) groups excluding carboxylic acids is 5. The van der Waals surface area contributed by atoms with E-state index in [-0.39, 0.29) is 44.4 Å². The van der Waals surface area contributed by atoms with Crippen molar-refractivity contribution >= 4 is 65.8 Å². The summed E-state index contributed by atoms with van der Waals surface area (Å²) < 4.78 is 66.4. The number of aldehydes is 1. The molecular formula is C59H76BrN2O17P. The molecule has 5 aliphatic heterocycles. The predicted octanol–water partition coefficient (Wildman–Crippen LogP) is 11.0. The van der Waals surface area contributed by atoms with E-state index in [4.69, 9.17) is 37.5 Å². The van der Waals surface area contributed by atoms with E-state index in [1.807, 2.05) is 77.8 Å². The van der Waals surface area contributed by atoms with Crippen molar-refractivity contribution in [1.82, 2.24) is 10.2 Å². The van der Waals surface area contributed by atoms with E-state index in [1.54, 1.807) is 50.3 Å². The number of hydrogen-bond acceptors (Lipinski definition) is 18. The molecule has 2 fully saturated rings. The van der Waals surface area contributed by atoms with Crippen LogP contribution in [-0.4, -0.2) is 128 Å². The lowest BCUT2D eigenvalue weighted by Gasteiger charge is -2.25. The molecule has 0 radical (unpaired) electrons. The summed E-state index contributed by atoms with van der Waals surface area (Å²) in [5.74, 6) is 3.56. The summed E-state index contributed by atoms with van der Waals surface area (Å²) in [5.41, 5.74) is 2.67. The van der Waals surface area contributed by atoms with Gasteiger partial charge in [0.2, 0.25) is 26.3 Å². The molecular weight excluding hydrogens is 1120 g/mol. The van der Waals surface area contributed by atoms with Crippen LogP contribution in [0, 0.1) is 0 Å². The lowest BCUT2D eigenvalue weighted by molar-refractivity contribution is -0.140. The van der Waals surface area contributed by atoms with Gasteiger partial charge in [0.25, 0.3) is 0 Å². The number of nitrogens with one attached hydrogen (secondary N) is 1. The Bertz CT molecular complexity index is 2570. The number of nitrogens with zero attached hydrogens (tertiary/aromatic N) is 1. The largest absolute Gasteiger partial charge is 0.469 e. The number of carbonyl (C=O) groups is 5. The quantitative estimate of drug-likeness (QED) is 0.0238. The summed E-state index contributed by atoms with van der Waals surface area (Å²) in [6, 6.07) is 16.7. The molecule has 2 saturated heterocycles. The minimum Gasteiger partial charge on any atom is -0.469 e. The molecule has 0 bridgehead atoms. The fourth-order valence-corrected chi connectivity index (χ4v) is 8.70. The van der Waals surface area contributed by atoms with Crippen LogP contribution in [0.25, 0.3) is 12.2 Å². The molecule has 0 unspecified atom stereocenters. The summed E-state index contributed by atoms with van der Waals surface area (Å²) in [5, 5.41) is 3.97. The van der Waals surface area contributed by atoms with Gasteiger partial charge in [-0.2, -0.15) is 0 Å². The summed E-state index contributed by atoms with van der Waals surface area (Å²) in [7, 11) is 0.937. The van der Waals surface area contributed by atoms with Gasteiger partial charge in [0.15, 0.2) is 34.5 Å². The van der Waals surface area contributed by atoms with Gasteiger partial charge < -0.3 is 61.9 Å². The van der Waals surface area contributed by atoms with E-state index >= 15 is 0 Å². The number of esters is 3. The Morgan fingerprint density at radius 3 is 1.51 bits per heavy atom. The van der Waals surface area contributed by atoms with Crippen LogP contribution >= 0.6 is 23.5 Å². The summed E-state index contributed by atoms with van der Waals surface area (Å²) in [4.78, 5) is 56.0. The van der Waals surface area contributed by atoms with Crippen LogP contribution in [0.4, 0.5) is 0 Å². The second kappa shape index (κ2) is 41.1. The summed E-state index contributed by atoms with van der Waals surface area (Å²) >= 11 is 3.11. The van der Waals surface area contributed by atoms with Crippen molar-refractivity contribution < 1.29 is 80.2 Å². The predicted molar refractivity (Wildman–Crippen MR) is 310 cm³/mol. The SMILES string of the molecule is C1CCNCC1.CCOP(=O)(C/C=C/C(=O)OC)OCC.COC(=O)/C=C/CBr.COC(=O)CC/C=C/C=C/c1ccc2c(c1)OCO2.O=C(/C=C/C=C/c1ccc2c(c1)OCO2)N1CCCCC1.O=Cc1ccc2c(c1)OCO2. The first kappa shape index (κ1) is 67.3. The van der Waals surface area contributed by atoms with E-state index in [2.05, 4.69) is 35.5 Å². The topological polar surface area (TPSA) is 219 Å². The van der Waals surface area contributed by atoms with Gasteiger partial charge in [-0.15, -0.1) is 0 Å². The van der Waals surface area contributed by atoms with Gasteiger partial charge in [-0.3, -0.25) is 18.9 Å². The van der Waals surface area contributed by atoms with Gasteiger partial charge in [-0.1, -0.05) is 89.2 Å². The Morgan fingerprint density at radius 2 is 1.06 bits per heavy atom. The van der Waals surface area contributed by atoms with Gasteiger partial charge >= 0.3 is 25.5 Å². The van der Waals surface area contributed by atoms with Gasteiger partial charge in [-0.05, 0) is 119 Å². The monoisotopic (exact) mass is 1190 g/mol. The van der Waals surface area contributed by atoms with Crippen LogP contribution in [0.2, 0.25) is 0 Å². The highest BCUT2D eigenvalue weighted by Crippen LogP contribution is 2.48. The molecule has 5 aliphatic rings. The van der Waals surface area contributed by atoms with Gasteiger partial charge in [0.1, 0.15) is 6.29 Å².